The summed E-state index contributed by atoms with van der Waals surface area (Å²) in [5.41, 5.74) is 0.252. The van der Waals surface area contributed by atoms with Gasteiger partial charge in [0.2, 0.25) is 0 Å². The molecule has 18 heavy (non-hydrogen) atoms. The molecule has 0 bridgehead atoms. The molecule has 0 fully saturated rings. The Hall–Kier alpha value is -1.01. The van der Waals surface area contributed by atoms with Gasteiger partial charge in [-0.2, -0.15) is 0 Å². The number of aliphatic hydroxyl groups excluding tert-OH is 2. The zero-order valence-electron chi connectivity index (χ0n) is 9.52. The van der Waals surface area contributed by atoms with E-state index in [2.05, 4.69) is 5.32 Å². The third kappa shape index (κ3) is 3.26. The number of rotatable bonds is 4. The number of phenolic OH excluding ortho intramolecular Hbond substituents is 1. The van der Waals surface area contributed by atoms with Crippen LogP contribution in [0.5, 0.6) is 5.75 Å². The van der Waals surface area contributed by atoms with Gasteiger partial charge in [-0.3, -0.25) is 4.79 Å². The van der Waals surface area contributed by atoms with Crippen molar-refractivity contribution in [2.45, 2.75) is 19.1 Å². The maximum absolute atomic E-state index is 11.4. The molecule has 0 aliphatic carbocycles. The van der Waals surface area contributed by atoms with Crippen molar-refractivity contribution < 1.29 is 20.1 Å². The van der Waals surface area contributed by atoms with Gasteiger partial charge in [0.15, 0.2) is 6.10 Å². The summed E-state index contributed by atoms with van der Waals surface area (Å²) in [6.07, 6.45) is -1.52. The van der Waals surface area contributed by atoms with Crippen LogP contribution in [0.25, 0.3) is 0 Å². The molecule has 0 aliphatic heterocycles. The predicted octanol–water partition coefficient (Wildman–Crippen LogP) is 1.23. The number of benzene rings is 1. The van der Waals surface area contributed by atoms with Gasteiger partial charge in [0.1, 0.15) is 5.75 Å². The summed E-state index contributed by atoms with van der Waals surface area (Å²) in [6, 6.07) is 2.12. The molecule has 0 saturated carbocycles. The molecule has 1 aromatic rings. The lowest BCUT2D eigenvalue weighted by Crippen LogP contribution is -2.38. The average molecular weight is 294 g/mol. The van der Waals surface area contributed by atoms with Crippen LogP contribution in [0.15, 0.2) is 12.1 Å². The number of phenols is 1. The van der Waals surface area contributed by atoms with Crippen molar-refractivity contribution in [1.29, 1.82) is 0 Å². The number of hydrogen-bond acceptors (Lipinski definition) is 4. The summed E-state index contributed by atoms with van der Waals surface area (Å²) in [4.78, 5) is 11.4. The summed E-state index contributed by atoms with van der Waals surface area (Å²) < 4.78 is 0. The number of amides is 1. The summed E-state index contributed by atoms with van der Waals surface area (Å²) in [7, 11) is 0. The van der Waals surface area contributed by atoms with Crippen molar-refractivity contribution in [3.63, 3.8) is 0 Å². The molecule has 100 valence electrons. The molecule has 1 rings (SSSR count). The van der Waals surface area contributed by atoms with Crippen molar-refractivity contribution in [2.24, 2.45) is 0 Å². The van der Waals surface area contributed by atoms with Crippen molar-refractivity contribution in [3.8, 4) is 5.75 Å². The van der Waals surface area contributed by atoms with Gasteiger partial charge < -0.3 is 20.6 Å². The third-order valence-corrected chi connectivity index (χ3v) is 3.20. The number of hydrogen-bond donors (Lipinski definition) is 4. The zero-order chi connectivity index (χ0) is 13.9. The van der Waals surface area contributed by atoms with E-state index in [0.29, 0.717) is 0 Å². The fraction of sp³-hybridized carbons (Fsp3) is 0.364. The van der Waals surface area contributed by atoms with Gasteiger partial charge in [-0.1, -0.05) is 23.2 Å². The molecule has 0 radical (unpaired) electrons. The van der Waals surface area contributed by atoms with E-state index in [1.54, 1.807) is 6.92 Å². The van der Waals surface area contributed by atoms with Crippen LogP contribution in [0.2, 0.25) is 10.0 Å². The van der Waals surface area contributed by atoms with Crippen molar-refractivity contribution in [2.75, 3.05) is 6.61 Å². The van der Waals surface area contributed by atoms with E-state index in [0.717, 1.165) is 0 Å². The number of carbonyl (C=O) groups is 1. The SMILES string of the molecule is C[C@H](NC(=O)[C@@H](O)CO)c1c(O)ccc(Cl)c1Cl. The second-order valence-corrected chi connectivity index (χ2v) is 4.51. The van der Waals surface area contributed by atoms with E-state index in [1.165, 1.54) is 12.1 Å². The first-order valence-electron chi connectivity index (χ1n) is 5.14. The summed E-state index contributed by atoms with van der Waals surface area (Å²) in [6.45, 7) is 0.882. The van der Waals surface area contributed by atoms with Gasteiger partial charge in [-0.05, 0) is 19.1 Å². The molecule has 1 aromatic carbocycles. The minimum atomic E-state index is -1.52. The van der Waals surface area contributed by atoms with Gasteiger partial charge in [0.05, 0.1) is 22.7 Å². The summed E-state index contributed by atoms with van der Waals surface area (Å²) in [5, 5.41) is 30.2. The topological polar surface area (TPSA) is 89.8 Å². The smallest absolute Gasteiger partial charge is 0.251 e. The number of aromatic hydroxyl groups is 1. The Balaban J connectivity index is 2.94. The molecule has 1 amide bonds. The maximum atomic E-state index is 11.4. The van der Waals surface area contributed by atoms with E-state index >= 15 is 0 Å². The maximum Gasteiger partial charge on any atom is 0.251 e. The molecule has 0 unspecified atom stereocenters. The van der Waals surface area contributed by atoms with Gasteiger partial charge in [0, 0.05) is 5.56 Å². The monoisotopic (exact) mass is 293 g/mol. The fourth-order valence-corrected chi connectivity index (χ4v) is 1.92. The molecule has 7 heteroatoms. The molecule has 0 aromatic heterocycles. The van der Waals surface area contributed by atoms with Crippen LogP contribution in [0.4, 0.5) is 0 Å². The second-order valence-electron chi connectivity index (χ2n) is 3.72. The highest BCUT2D eigenvalue weighted by molar-refractivity contribution is 6.42. The number of aliphatic hydroxyl groups is 2. The molecule has 0 saturated heterocycles. The van der Waals surface area contributed by atoms with E-state index in [4.69, 9.17) is 33.4 Å². The van der Waals surface area contributed by atoms with Crippen molar-refractivity contribution >= 4 is 29.1 Å². The molecule has 4 N–H and O–H groups in total. The predicted molar refractivity (Wildman–Crippen MR) is 67.8 cm³/mol. The van der Waals surface area contributed by atoms with Gasteiger partial charge >= 0.3 is 0 Å². The lowest BCUT2D eigenvalue weighted by molar-refractivity contribution is -0.131. The second kappa shape index (κ2) is 6.24. The Kier molecular flexibility index (Phi) is 5.22. The fourth-order valence-electron chi connectivity index (χ4n) is 1.43. The van der Waals surface area contributed by atoms with Crippen molar-refractivity contribution in [1.82, 2.24) is 5.32 Å². The first-order valence-corrected chi connectivity index (χ1v) is 5.90. The van der Waals surface area contributed by atoms with E-state index in [-0.39, 0.29) is 21.4 Å². The van der Waals surface area contributed by atoms with Crippen LogP contribution >= 0.6 is 23.2 Å². The molecule has 0 spiro atoms. The molecular weight excluding hydrogens is 281 g/mol. The first-order chi connectivity index (χ1) is 8.38. The standard InChI is InChI=1S/C11H13Cl2NO4/c1-5(14-11(18)8(17)4-15)9-7(16)3-2-6(12)10(9)13/h2-3,5,8,15-17H,4H2,1H3,(H,14,18)/t5-,8-/m0/s1. The molecule has 2 atom stereocenters. The minimum Gasteiger partial charge on any atom is -0.508 e. The van der Waals surface area contributed by atoms with Crippen LogP contribution < -0.4 is 5.32 Å². The Bertz CT molecular complexity index is 453. The highest BCUT2D eigenvalue weighted by atomic mass is 35.5. The number of nitrogens with one attached hydrogen (secondary N) is 1. The number of halogens is 2. The van der Waals surface area contributed by atoms with Crippen LogP contribution in [-0.2, 0) is 4.79 Å². The lowest BCUT2D eigenvalue weighted by atomic mass is 10.1. The van der Waals surface area contributed by atoms with Gasteiger partial charge in [-0.25, -0.2) is 0 Å². The largest absolute Gasteiger partial charge is 0.508 e. The molecule has 0 heterocycles. The third-order valence-electron chi connectivity index (χ3n) is 2.38. The van der Waals surface area contributed by atoms with Crippen molar-refractivity contribution in [3.05, 3.63) is 27.7 Å². The molecular formula is C11H13Cl2NO4. The van der Waals surface area contributed by atoms with E-state index in [9.17, 15) is 9.90 Å². The quantitative estimate of drug-likeness (QED) is 0.672. The van der Waals surface area contributed by atoms with E-state index < -0.39 is 24.7 Å². The Morgan fingerprint density at radius 2 is 2.06 bits per heavy atom. The van der Waals surface area contributed by atoms with Crippen LogP contribution in [-0.4, -0.2) is 33.9 Å². The molecule has 0 aliphatic rings. The van der Waals surface area contributed by atoms with Gasteiger partial charge in [0.25, 0.3) is 5.91 Å². The highest BCUT2D eigenvalue weighted by Crippen LogP contribution is 2.36. The first kappa shape index (κ1) is 15.0. The summed E-state index contributed by atoms with van der Waals surface area (Å²) in [5.74, 6) is -0.879. The van der Waals surface area contributed by atoms with Crippen LogP contribution in [0.3, 0.4) is 0 Å². The van der Waals surface area contributed by atoms with Crippen LogP contribution in [0, 0.1) is 0 Å². The van der Waals surface area contributed by atoms with E-state index in [1.807, 2.05) is 0 Å². The summed E-state index contributed by atoms with van der Waals surface area (Å²) >= 11 is 11.7. The Morgan fingerprint density at radius 3 is 2.61 bits per heavy atom. The normalized spacial score (nSPS) is 14.1. The highest BCUT2D eigenvalue weighted by Gasteiger charge is 2.21. The lowest BCUT2D eigenvalue weighted by Gasteiger charge is -2.19. The minimum absolute atomic E-state index is 0.115. The van der Waals surface area contributed by atoms with Gasteiger partial charge in [-0.15, -0.1) is 0 Å². The van der Waals surface area contributed by atoms with Crippen LogP contribution in [0.1, 0.15) is 18.5 Å². The zero-order valence-corrected chi connectivity index (χ0v) is 11.0. The number of carbonyl (C=O) groups excluding carboxylic acids is 1. The molecule has 5 nitrogen and oxygen atoms in total. The Labute approximate surface area is 114 Å². The average Bonchev–Trinajstić information content (AvgIpc) is 2.33. The Morgan fingerprint density at radius 1 is 1.44 bits per heavy atom.